The molecule has 0 saturated carbocycles. The molecule has 0 aliphatic carbocycles. The lowest BCUT2D eigenvalue weighted by Crippen LogP contribution is -2.18. The third-order valence-corrected chi connectivity index (χ3v) is 3.47. The fraction of sp³-hybridized carbons (Fsp3) is 0.250. The number of para-hydroxylation sites is 1. The molecule has 1 unspecified atom stereocenters. The van der Waals surface area contributed by atoms with Crippen LogP contribution in [0.1, 0.15) is 25.5 Å². The lowest BCUT2D eigenvalue weighted by Gasteiger charge is -2.13. The molecule has 0 spiro atoms. The topological polar surface area (TPSA) is 42.7 Å². The minimum absolute atomic E-state index is 0.309. The molecule has 1 aromatic carbocycles. The van der Waals surface area contributed by atoms with Crippen molar-refractivity contribution in [3.8, 4) is 5.82 Å². The van der Waals surface area contributed by atoms with E-state index in [0.29, 0.717) is 6.04 Å². The second-order valence-corrected chi connectivity index (χ2v) is 4.84. The molecule has 0 saturated heterocycles. The number of rotatable bonds is 4. The third kappa shape index (κ3) is 2.30. The lowest BCUT2D eigenvalue weighted by molar-refractivity contribution is 0.596. The molecule has 1 atom stereocenters. The Balaban J connectivity index is 2.04. The molecular weight excluding hydrogens is 248 g/mol. The molecular formula is C16H18N4. The van der Waals surface area contributed by atoms with Crippen LogP contribution in [0.3, 0.4) is 0 Å². The number of nitrogens with zero attached hydrogens (tertiary/aromatic N) is 3. The maximum atomic E-state index is 4.45. The van der Waals surface area contributed by atoms with Crippen molar-refractivity contribution in [2.45, 2.75) is 19.9 Å². The van der Waals surface area contributed by atoms with Crippen molar-refractivity contribution in [1.29, 1.82) is 0 Å². The molecule has 20 heavy (non-hydrogen) atoms. The first-order valence-electron chi connectivity index (χ1n) is 6.92. The molecule has 0 aliphatic rings. The second-order valence-electron chi connectivity index (χ2n) is 4.84. The fourth-order valence-electron chi connectivity index (χ4n) is 2.40. The summed E-state index contributed by atoms with van der Waals surface area (Å²) in [6.45, 7) is 5.22. The van der Waals surface area contributed by atoms with Crippen LogP contribution < -0.4 is 5.32 Å². The average Bonchev–Trinajstić information content (AvgIpc) is 2.91. The van der Waals surface area contributed by atoms with Crippen molar-refractivity contribution >= 4 is 10.9 Å². The summed E-state index contributed by atoms with van der Waals surface area (Å²) in [5, 5.41) is 8.98. The number of fused-ring (bicyclic) bond motifs is 1. The summed E-state index contributed by atoms with van der Waals surface area (Å²) in [6, 6.07) is 12.6. The molecule has 0 aliphatic heterocycles. The van der Waals surface area contributed by atoms with E-state index in [1.54, 1.807) is 0 Å². The maximum absolute atomic E-state index is 4.45. The third-order valence-electron chi connectivity index (χ3n) is 3.47. The summed E-state index contributed by atoms with van der Waals surface area (Å²) in [6.07, 6.45) is 3.71. The standard InChI is InChI=1S/C16H18N4/c1-3-17-12(2)13-8-9-18-16(10-13)20-15-7-5-4-6-14(15)11-19-20/h4-12,17H,3H2,1-2H3. The van der Waals surface area contributed by atoms with Crippen LogP contribution in [0.2, 0.25) is 0 Å². The molecule has 0 fully saturated rings. The van der Waals surface area contributed by atoms with Gasteiger partial charge in [0.1, 0.15) is 0 Å². The number of hydrogen-bond donors (Lipinski definition) is 1. The molecule has 2 heterocycles. The van der Waals surface area contributed by atoms with Crippen molar-refractivity contribution in [2.24, 2.45) is 0 Å². The minimum atomic E-state index is 0.309. The quantitative estimate of drug-likeness (QED) is 0.789. The number of nitrogens with one attached hydrogen (secondary N) is 1. The van der Waals surface area contributed by atoms with Crippen LogP contribution >= 0.6 is 0 Å². The van der Waals surface area contributed by atoms with Gasteiger partial charge in [0.15, 0.2) is 5.82 Å². The zero-order chi connectivity index (χ0) is 13.9. The summed E-state index contributed by atoms with van der Waals surface area (Å²) in [7, 11) is 0. The van der Waals surface area contributed by atoms with Gasteiger partial charge in [-0.05, 0) is 37.2 Å². The molecule has 102 valence electrons. The van der Waals surface area contributed by atoms with Crippen LogP contribution in [0.25, 0.3) is 16.7 Å². The summed E-state index contributed by atoms with van der Waals surface area (Å²) >= 11 is 0. The van der Waals surface area contributed by atoms with Crippen molar-refractivity contribution in [3.05, 3.63) is 54.4 Å². The molecule has 4 nitrogen and oxygen atoms in total. The van der Waals surface area contributed by atoms with Gasteiger partial charge in [0.2, 0.25) is 0 Å². The summed E-state index contributed by atoms with van der Waals surface area (Å²) in [5.74, 6) is 0.855. The van der Waals surface area contributed by atoms with Gasteiger partial charge in [0.25, 0.3) is 0 Å². The Kier molecular flexibility index (Phi) is 3.48. The van der Waals surface area contributed by atoms with E-state index in [9.17, 15) is 0 Å². The van der Waals surface area contributed by atoms with Crippen molar-refractivity contribution in [2.75, 3.05) is 6.54 Å². The number of pyridine rings is 1. The van der Waals surface area contributed by atoms with E-state index in [0.717, 1.165) is 23.3 Å². The van der Waals surface area contributed by atoms with Crippen LogP contribution in [-0.4, -0.2) is 21.3 Å². The van der Waals surface area contributed by atoms with Gasteiger partial charge in [-0.3, -0.25) is 0 Å². The van der Waals surface area contributed by atoms with E-state index in [-0.39, 0.29) is 0 Å². The van der Waals surface area contributed by atoms with Gasteiger partial charge in [-0.15, -0.1) is 0 Å². The van der Waals surface area contributed by atoms with E-state index in [1.165, 1.54) is 5.56 Å². The second kappa shape index (κ2) is 5.43. The Morgan fingerprint density at radius 1 is 1.25 bits per heavy atom. The van der Waals surface area contributed by atoms with Gasteiger partial charge >= 0.3 is 0 Å². The van der Waals surface area contributed by atoms with E-state index < -0.39 is 0 Å². The summed E-state index contributed by atoms with van der Waals surface area (Å²) in [5.41, 5.74) is 2.30. The van der Waals surface area contributed by atoms with Gasteiger partial charge in [-0.1, -0.05) is 25.1 Å². The molecule has 0 bridgehead atoms. The van der Waals surface area contributed by atoms with Crippen LogP contribution in [0.15, 0.2) is 48.8 Å². The normalized spacial score (nSPS) is 12.7. The van der Waals surface area contributed by atoms with Gasteiger partial charge < -0.3 is 5.32 Å². The Hall–Kier alpha value is -2.20. The monoisotopic (exact) mass is 266 g/mol. The highest BCUT2D eigenvalue weighted by atomic mass is 15.3. The highest BCUT2D eigenvalue weighted by Crippen LogP contribution is 2.19. The molecule has 0 amide bonds. The van der Waals surface area contributed by atoms with E-state index >= 15 is 0 Å². The molecule has 2 aromatic heterocycles. The highest BCUT2D eigenvalue weighted by Gasteiger charge is 2.09. The number of hydrogen-bond acceptors (Lipinski definition) is 3. The van der Waals surface area contributed by atoms with E-state index in [4.69, 9.17) is 0 Å². The molecule has 1 N–H and O–H groups in total. The van der Waals surface area contributed by atoms with Crippen molar-refractivity contribution < 1.29 is 0 Å². The van der Waals surface area contributed by atoms with Gasteiger partial charge in [0, 0.05) is 17.6 Å². The smallest absolute Gasteiger partial charge is 0.154 e. The molecule has 3 rings (SSSR count). The molecule has 0 radical (unpaired) electrons. The Morgan fingerprint density at radius 3 is 2.95 bits per heavy atom. The predicted molar refractivity (Wildman–Crippen MR) is 81.0 cm³/mol. The van der Waals surface area contributed by atoms with Crippen molar-refractivity contribution in [3.63, 3.8) is 0 Å². The number of aromatic nitrogens is 3. The summed E-state index contributed by atoms with van der Waals surface area (Å²) in [4.78, 5) is 4.45. The van der Waals surface area contributed by atoms with Crippen LogP contribution in [0.4, 0.5) is 0 Å². The lowest BCUT2D eigenvalue weighted by atomic mass is 10.1. The Morgan fingerprint density at radius 2 is 2.10 bits per heavy atom. The predicted octanol–water partition coefficient (Wildman–Crippen LogP) is 3.09. The van der Waals surface area contributed by atoms with Crippen molar-refractivity contribution in [1.82, 2.24) is 20.1 Å². The van der Waals surface area contributed by atoms with Gasteiger partial charge in [-0.25, -0.2) is 9.67 Å². The zero-order valence-corrected chi connectivity index (χ0v) is 11.7. The summed E-state index contributed by atoms with van der Waals surface area (Å²) < 4.78 is 1.89. The first-order chi connectivity index (χ1) is 9.79. The first-order valence-corrected chi connectivity index (χ1v) is 6.92. The zero-order valence-electron chi connectivity index (χ0n) is 11.7. The van der Waals surface area contributed by atoms with E-state index in [1.807, 2.05) is 35.3 Å². The van der Waals surface area contributed by atoms with Gasteiger partial charge in [0.05, 0.1) is 11.7 Å². The van der Waals surface area contributed by atoms with Crippen LogP contribution in [-0.2, 0) is 0 Å². The van der Waals surface area contributed by atoms with Crippen LogP contribution in [0.5, 0.6) is 0 Å². The highest BCUT2D eigenvalue weighted by molar-refractivity contribution is 5.79. The van der Waals surface area contributed by atoms with E-state index in [2.05, 4.69) is 47.4 Å². The number of benzene rings is 1. The van der Waals surface area contributed by atoms with Crippen LogP contribution in [0, 0.1) is 0 Å². The molecule has 3 aromatic rings. The van der Waals surface area contributed by atoms with Gasteiger partial charge in [-0.2, -0.15) is 5.10 Å². The average molecular weight is 266 g/mol. The largest absolute Gasteiger partial charge is 0.310 e. The first kappa shape index (κ1) is 12.8. The SMILES string of the molecule is CCNC(C)c1ccnc(-n2ncc3ccccc32)c1. The Bertz CT molecular complexity index is 717. The Labute approximate surface area is 118 Å². The fourth-order valence-corrected chi connectivity index (χ4v) is 2.40. The minimum Gasteiger partial charge on any atom is -0.310 e. The molecule has 4 heteroatoms. The maximum Gasteiger partial charge on any atom is 0.154 e.